The molecule has 0 fully saturated rings. The van der Waals surface area contributed by atoms with E-state index in [1.165, 1.54) is 106 Å². The highest BCUT2D eigenvalue weighted by atomic mass is 15.2. The van der Waals surface area contributed by atoms with Gasteiger partial charge in [-0.2, -0.15) is 0 Å². The van der Waals surface area contributed by atoms with Gasteiger partial charge >= 0.3 is 0 Å². The maximum Gasteiger partial charge on any atom is 0.0493 e. The molecule has 9 rings (SSSR count). The van der Waals surface area contributed by atoms with Crippen LogP contribution in [0.15, 0.2) is 133 Å². The van der Waals surface area contributed by atoms with E-state index in [4.69, 9.17) is 0 Å². The van der Waals surface area contributed by atoms with E-state index in [0.29, 0.717) is 11.8 Å². The lowest BCUT2D eigenvalue weighted by molar-refractivity contribution is 0.380. The molecule has 0 amide bonds. The summed E-state index contributed by atoms with van der Waals surface area (Å²) in [7, 11) is 0. The Hall–Kier alpha value is -5.60. The third kappa shape index (κ3) is 5.82. The first-order valence-electron chi connectivity index (χ1n) is 21.2. The number of anilines is 5. The van der Waals surface area contributed by atoms with Gasteiger partial charge in [-0.1, -0.05) is 111 Å². The van der Waals surface area contributed by atoms with Crippen molar-refractivity contribution in [2.75, 3.05) is 9.80 Å². The molecule has 0 aliphatic heterocycles. The van der Waals surface area contributed by atoms with Crippen LogP contribution in [0.5, 0.6) is 0 Å². The number of aryl methyl sites for hydroxylation is 7. The lowest BCUT2D eigenvalue weighted by Gasteiger charge is -2.38. The molecule has 58 heavy (non-hydrogen) atoms. The fraction of sp³-hybridized carbons (Fsp3) is 0.286. The third-order valence-electron chi connectivity index (χ3n) is 13.8. The van der Waals surface area contributed by atoms with Crippen molar-refractivity contribution in [1.82, 2.24) is 0 Å². The molecule has 3 aliphatic rings. The fourth-order valence-corrected chi connectivity index (χ4v) is 10.8. The summed E-state index contributed by atoms with van der Waals surface area (Å²) in [5.74, 6) is 0.638. The number of allylic oxidation sites excluding steroid dienone is 3. The SMILES string of the molecule is CC1=CC(N(c2ccc(C)cc2)c2cc(C)ccc2C)=CC2C1c1ccc3c(c1C2(C)C)C(C)(C)c1cc(N(c2ccc(C)cc2)c2cc(C)ccc2C)cc(C)c1-3. The van der Waals surface area contributed by atoms with Crippen LogP contribution in [0.3, 0.4) is 0 Å². The summed E-state index contributed by atoms with van der Waals surface area (Å²) in [6.45, 7) is 27.9. The Bertz CT molecular complexity index is 2700. The fourth-order valence-electron chi connectivity index (χ4n) is 10.8. The van der Waals surface area contributed by atoms with Crippen LogP contribution in [0.2, 0.25) is 0 Å². The van der Waals surface area contributed by atoms with Crippen LogP contribution in [0.4, 0.5) is 28.4 Å². The summed E-state index contributed by atoms with van der Waals surface area (Å²) in [6, 6.07) is 41.6. The molecule has 0 aromatic heterocycles. The summed E-state index contributed by atoms with van der Waals surface area (Å²) in [5.41, 5.74) is 26.2. The van der Waals surface area contributed by atoms with Gasteiger partial charge in [0.15, 0.2) is 0 Å². The second-order valence-electron chi connectivity index (χ2n) is 18.9. The van der Waals surface area contributed by atoms with E-state index < -0.39 is 0 Å². The van der Waals surface area contributed by atoms with Gasteiger partial charge in [0.1, 0.15) is 0 Å². The molecule has 2 heteroatoms. The molecule has 0 radical (unpaired) electrons. The Balaban J connectivity index is 1.19. The highest BCUT2D eigenvalue weighted by molar-refractivity contribution is 5.90. The average Bonchev–Trinajstić information content (AvgIpc) is 3.55. The van der Waals surface area contributed by atoms with Crippen molar-refractivity contribution in [3.05, 3.63) is 194 Å². The summed E-state index contributed by atoms with van der Waals surface area (Å²) in [6.07, 6.45) is 5.10. The summed E-state index contributed by atoms with van der Waals surface area (Å²) in [5, 5.41) is 0. The van der Waals surface area contributed by atoms with E-state index >= 15 is 0 Å². The Kier molecular flexibility index (Phi) is 8.82. The van der Waals surface area contributed by atoms with Crippen molar-refractivity contribution in [2.45, 2.75) is 99.8 Å². The Morgan fingerprint density at radius 2 is 1.02 bits per heavy atom. The van der Waals surface area contributed by atoms with Gasteiger partial charge in [-0.3, -0.25) is 0 Å². The minimum atomic E-state index is -0.196. The minimum Gasteiger partial charge on any atom is -0.311 e. The zero-order valence-corrected chi connectivity index (χ0v) is 36.6. The van der Waals surface area contributed by atoms with Gasteiger partial charge in [0, 0.05) is 45.5 Å². The highest BCUT2D eigenvalue weighted by Crippen LogP contribution is 2.63. The Morgan fingerprint density at radius 1 is 0.483 bits per heavy atom. The van der Waals surface area contributed by atoms with E-state index in [-0.39, 0.29) is 10.8 Å². The monoisotopic (exact) mass is 758 g/mol. The van der Waals surface area contributed by atoms with E-state index in [9.17, 15) is 0 Å². The van der Waals surface area contributed by atoms with Crippen LogP contribution in [0, 0.1) is 54.4 Å². The predicted molar refractivity (Wildman–Crippen MR) is 248 cm³/mol. The lowest BCUT2D eigenvalue weighted by Crippen LogP contribution is -2.31. The Morgan fingerprint density at radius 3 is 1.60 bits per heavy atom. The molecule has 0 spiro atoms. The first-order chi connectivity index (χ1) is 27.6. The molecular formula is C56H58N2. The molecule has 2 nitrogen and oxygen atoms in total. The van der Waals surface area contributed by atoms with Gasteiger partial charge in [0.05, 0.1) is 0 Å². The first-order valence-corrected chi connectivity index (χ1v) is 21.2. The topological polar surface area (TPSA) is 6.48 Å². The van der Waals surface area contributed by atoms with Crippen LogP contribution in [0.1, 0.15) is 102 Å². The predicted octanol–water partition coefficient (Wildman–Crippen LogP) is 15.3. The Labute approximate surface area is 347 Å². The lowest BCUT2D eigenvalue weighted by atomic mass is 9.69. The van der Waals surface area contributed by atoms with Crippen LogP contribution in [0.25, 0.3) is 11.1 Å². The molecule has 0 heterocycles. The first kappa shape index (κ1) is 37.9. The number of rotatable bonds is 6. The standard InChI is InChI=1S/C56H58N2/c1-33-15-21-41(22-16-33)57(49-27-35(3)13-19-37(49)5)43-29-39(7)51-45-25-26-46-52-40(8)30-44(32-48(52)56(11,12)54(46)53(45)55(9,10)47(51)31-43)58(42-23-17-34(2)18-24-42)50-28-36(4)14-20-38(50)6/h13-32,47,51H,1-12H3. The van der Waals surface area contributed by atoms with Crippen molar-refractivity contribution < 1.29 is 0 Å². The van der Waals surface area contributed by atoms with Crippen LogP contribution >= 0.6 is 0 Å². The van der Waals surface area contributed by atoms with Crippen molar-refractivity contribution >= 4 is 28.4 Å². The number of hydrogen-bond acceptors (Lipinski definition) is 2. The number of nitrogens with zero attached hydrogens (tertiary/aromatic N) is 2. The average molecular weight is 759 g/mol. The summed E-state index contributed by atoms with van der Waals surface area (Å²) >= 11 is 0. The van der Waals surface area contributed by atoms with Gasteiger partial charge in [-0.05, 0) is 183 Å². The number of fused-ring (bicyclic) bond motifs is 7. The molecule has 0 saturated heterocycles. The highest BCUT2D eigenvalue weighted by Gasteiger charge is 2.52. The normalized spacial score (nSPS) is 18.1. The van der Waals surface area contributed by atoms with Crippen LogP contribution < -0.4 is 9.80 Å². The zero-order chi connectivity index (χ0) is 41.0. The number of benzene rings is 6. The summed E-state index contributed by atoms with van der Waals surface area (Å²) in [4.78, 5) is 4.98. The molecule has 6 aromatic rings. The molecule has 2 unspecified atom stereocenters. The molecule has 0 saturated carbocycles. The maximum atomic E-state index is 2.62. The zero-order valence-electron chi connectivity index (χ0n) is 36.6. The molecule has 0 N–H and O–H groups in total. The second-order valence-corrected chi connectivity index (χ2v) is 18.9. The van der Waals surface area contributed by atoms with Crippen molar-refractivity contribution in [3.63, 3.8) is 0 Å². The van der Waals surface area contributed by atoms with Crippen molar-refractivity contribution in [3.8, 4) is 11.1 Å². The smallest absolute Gasteiger partial charge is 0.0493 e. The van der Waals surface area contributed by atoms with E-state index in [2.05, 4.69) is 214 Å². The van der Waals surface area contributed by atoms with Gasteiger partial charge < -0.3 is 9.80 Å². The van der Waals surface area contributed by atoms with Crippen molar-refractivity contribution in [2.24, 2.45) is 5.92 Å². The third-order valence-corrected chi connectivity index (χ3v) is 13.8. The van der Waals surface area contributed by atoms with E-state index in [0.717, 1.165) is 0 Å². The largest absolute Gasteiger partial charge is 0.311 e. The van der Waals surface area contributed by atoms with E-state index in [1.807, 2.05) is 0 Å². The van der Waals surface area contributed by atoms with Gasteiger partial charge in [-0.15, -0.1) is 0 Å². The molecule has 6 aromatic carbocycles. The van der Waals surface area contributed by atoms with Crippen molar-refractivity contribution in [1.29, 1.82) is 0 Å². The number of hydrogen-bond donors (Lipinski definition) is 0. The van der Waals surface area contributed by atoms with Crippen LogP contribution in [-0.2, 0) is 10.8 Å². The van der Waals surface area contributed by atoms with Crippen LogP contribution in [-0.4, -0.2) is 0 Å². The summed E-state index contributed by atoms with van der Waals surface area (Å²) < 4.78 is 0. The quantitative estimate of drug-likeness (QED) is 0.167. The molecule has 3 aliphatic carbocycles. The molecular weight excluding hydrogens is 701 g/mol. The minimum absolute atomic E-state index is 0.102. The van der Waals surface area contributed by atoms with E-state index in [1.54, 1.807) is 5.56 Å². The molecule has 0 bridgehead atoms. The molecule has 292 valence electrons. The maximum absolute atomic E-state index is 2.62. The molecule has 2 atom stereocenters. The van der Waals surface area contributed by atoms with Gasteiger partial charge in [0.2, 0.25) is 0 Å². The second kappa shape index (κ2) is 13.5. The van der Waals surface area contributed by atoms with Gasteiger partial charge in [-0.25, -0.2) is 0 Å². The van der Waals surface area contributed by atoms with Gasteiger partial charge in [0.25, 0.3) is 0 Å².